The Morgan fingerprint density at radius 3 is 3.18 bits per heavy atom. The van der Waals surface area contributed by atoms with Crippen molar-refractivity contribution in [2.75, 3.05) is 6.54 Å². The van der Waals surface area contributed by atoms with Crippen molar-refractivity contribution in [2.45, 2.75) is 26.4 Å². The number of nitrogens with zero attached hydrogens (tertiary/aromatic N) is 3. The maximum absolute atomic E-state index is 4.20. The molecule has 17 heavy (non-hydrogen) atoms. The summed E-state index contributed by atoms with van der Waals surface area (Å²) in [6.07, 6.45) is 2.91. The van der Waals surface area contributed by atoms with Crippen LogP contribution in [-0.2, 0) is 19.5 Å². The quantitative estimate of drug-likeness (QED) is 0.849. The summed E-state index contributed by atoms with van der Waals surface area (Å²) in [5.41, 5.74) is 4.00. The van der Waals surface area contributed by atoms with Crippen molar-refractivity contribution in [3.8, 4) is 11.4 Å². The molecule has 1 aromatic heterocycles. The molecule has 4 nitrogen and oxygen atoms in total. The van der Waals surface area contributed by atoms with Crippen molar-refractivity contribution in [3.63, 3.8) is 0 Å². The lowest BCUT2D eigenvalue weighted by molar-refractivity contribution is 0.644. The van der Waals surface area contributed by atoms with Gasteiger partial charge < -0.3 is 9.88 Å². The van der Waals surface area contributed by atoms with Crippen LogP contribution in [0.1, 0.15) is 18.1 Å². The molecule has 0 amide bonds. The third kappa shape index (κ3) is 1.85. The Balaban J connectivity index is 2.04. The van der Waals surface area contributed by atoms with Gasteiger partial charge in [0.1, 0.15) is 6.33 Å². The first kappa shape index (κ1) is 10.5. The molecule has 0 fully saturated rings. The van der Waals surface area contributed by atoms with Gasteiger partial charge in [0.2, 0.25) is 0 Å². The fourth-order valence-corrected chi connectivity index (χ4v) is 2.33. The maximum Gasteiger partial charge on any atom is 0.163 e. The first-order valence-corrected chi connectivity index (χ1v) is 6.09. The molecule has 1 N–H and O–H groups in total. The van der Waals surface area contributed by atoms with E-state index in [0.717, 1.165) is 37.4 Å². The molecule has 1 aliphatic heterocycles. The van der Waals surface area contributed by atoms with Gasteiger partial charge in [-0.2, -0.15) is 0 Å². The molecule has 0 aliphatic carbocycles. The van der Waals surface area contributed by atoms with Crippen molar-refractivity contribution < 1.29 is 0 Å². The Labute approximate surface area is 101 Å². The number of benzene rings is 1. The summed E-state index contributed by atoms with van der Waals surface area (Å²) in [5.74, 6) is 0.959. The Bertz CT molecular complexity index is 530. The van der Waals surface area contributed by atoms with E-state index in [0.29, 0.717) is 0 Å². The van der Waals surface area contributed by atoms with E-state index < -0.39 is 0 Å². The average molecular weight is 228 g/mol. The largest absolute Gasteiger partial charge is 0.314 e. The van der Waals surface area contributed by atoms with Gasteiger partial charge in [-0.15, -0.1) is 10.2 Å². The molecule has 88 valence electrons. The number of aromatic nitrogens is 3. The van der Waals surface area contributed by atoms with Gasteiger partial charge >= 0.3 is 0 Å². The van der Waals surface area contributed by atoms with Crippen LogP contribution in [0.5, 0.6) is 0 Å². The zero-order valence-electron chi connectivity index (χ0n) is 9.98. The molecule has 0 spiro atoms. The summed E-state index contributed by atoms with van der Waals surface area (Å²) in [7, 11) is 0. The number of fused-ring (bicyclic) bond motifs is 1. The Hall–Kier alpha value is -1.68. The highest BCUT2D eigenvalue weighted by Gasteiger charge is 2.12. The van der Waals surface area contributed by atoms with Crippen LogP contribution in [0.4, 0.5) is 0 Å². The number of rotatable bonds is 2. The summed E-state index contributed by atoms with van der Waals surface area (Å²) in [6.45, 7) is 5.05. The van der Waals surface area contributed by atoms with E-state index in [-0.39, 0.29) is 0 Å². The highest BCUT2D eigenvalue weighted by molar-refractivity contribution is 5.58. The lowest BCUT2D eigenvalue weighted by Gasteiger charge is -2.17. The number of aryl methyl sites for hydroxylation is 1. The predicted molar refractivity (Wildman–Crippen MR) is 66.5 cm³/mol. The lowest BCUT2D eigenvalue weighted by atomic mass is 9.98. The van der Waals surface area contributed by atoms with E-state index in [2.05, 4.69) is 45.2 Å². The lowest BCUT2D eigenvalue weighted by Crippen LogP contribution is -2.23. The summed E-state index contributed by atoms with van der Waals surface area (Å²) in [4.78, 5) is 0. The van der Waals surface area contributed by atoms with Gasteiger partial charge in [-0.05, 0) is 37.1 Å². The minimum absolute atomic E-state index is 0.900. The van der Waals surface area contributed by atoms with Crippen molar-refractivity contribution in [1.82, 2.24) is 20.1 Å². The highest BCUT2D eigenvalue weighted by Crippen LogP contribution is 2.22. The second kappa shape index (κ2) is 4.30. The van der Waals surface area contributed by atoms with Crippen LogP contribution in [0.15, 0.2) is 24.5 Å². The Morgan fingerprint density at radius 1 is 1.35 bits per heavy atom. The minimum Gasteiger partial charge on any atom is -0.314 e. The summed E-state index contributed by atoms with van der Waals surface area (Å²) in [5, 5.41) is 11.6. The van der Waals surface area contributed by atoms with E-state index in [4.69, 9.17) is 0 Å². The molecule has 2 aromatic rings. The molecule has 1 aliphatic rings. The molecule has 0 saturated carbocycles. The highest BCUT2D eigenvalue weighted by atomic mass is 15.3. The van der Waals surface area contributed by atoms with Crippen molar-refractivity contribution in [2.24, 2.45) is 0 Å². The number of hydrogen-bond acceptors (Lipinski definition) is 3. The second-order valence-electron chi connectivity index (χ2n) is 4.35. The SMILES string of the molecule is CCn1cnnc1-c1ccc2c(c1)CNCC2. The van der Waals surface area contributed by atoms with Crippen LogP contribution in [0.2, 0.25) is 0 Å². The van der Waals surface area contributed by atoms with E-state index in [1.165, 1.54) is 11.1 Å². The second-order valence-corrected chi connectivity index (χ2v) is 4.35. The summed E-state index contributed by atoms with van der Waals surface area (Å²) in [6, 6.07) is 6.61. The first-order chi connectivity index (χ1) is 8.38. The van der Waals surface area contributed by atoms with Crippen LogP contribution in [-0.4, -0.2) is 21.3 Å². The van der Waals surface area contributed by atoms with Gasteiger partial charge in [0.05, 0.1) is 0 Å². The van der Waals surface area contributed by atoms with Gasteiger partial charge in [0.15, 0.2) is 5.82 Å². The van der Waals surface area contributed by atoms with Gasteiger partial charge in [-0.25, -0.2) is 0 Å². The zero-order valence-corrected chi connectivity index (χ0v) is 9.98. The Morgan fingerprint density at radius 2 is 2.29 bits per heavy atom. The molecule has 2 heterocycles. The summed E-state index contributed by atoms with van der Waals surface area (Å²) >= 11 is 0. The summed E-state index contributed by atoms with van der Waals surface area (Å²) < 4.78 is 2.07. The van der Waals surface area contributed by atoms with E-state index in [9.17, 15) is 0 Å². The number of nitrogens with one attached hydrogen (secondary N) is 1. The standard InChI is InChI=1S/C13H16N4/c1-2-17-9-15-16-13(17)11-4-3-10-5-6-14-8-12(10)7-11/h3-4,7,9,14H,2,5-6,8H2,1H3. The molecule has 3 rings (SSSR count). The molecular formula is C13H16N4. The smallest absolute Gasteiger partial charge is 0.163 e. The topological polar surface area (TPSA) is 42.7 Å². The fourth-order valence-electron chi connectivity index (χ4n) is 2.33. The van der Waals surface area contributed by atoms with E-state index in [1.54, 1.807) is 6.33 Å². The third-order valence-corrected chi connectivity index (χ3v) is 3.31. The van der Waals surface area contributed by atoms with Crippen LogP contribution in [0.3, 0.4) is 0 Å². The molecule has 0 saturated heterocycles. The van der Waals surface area contributed by atoms with Crippen LogP contribution in [0, 0.1) is 0 Å². The molecule has 0 radical (unpaired) electrons. The molecule has 0 atom stereocenters. The normalized spacial score (nSPS) is 14.6. The fraction of sp³-hybridized carbons (Fsp3) is 0.385. The molecule has 4 heteroatoms. The zero-order chi connectivity index (χ0) is 11.7. The molecular weight excluding hydrogens is 212 g/mol. The van der Waals surface area contributed by atoms with Crippen LogP contribution < -0.4 is 5.32 Å². The van der Waals surface area contributed by atoms with Gasteiger partial charge in [0, 0.05) is 18.7 Å². The monoisotopic (exact) mass is 228 g/mol. The van der Waals surface area contributed by atoms with Crippen molar-refractivity contribution in [3.05, 3.63) is 35.7 Å². The van der Waals surface area contributed by atoms with Gasteiger partial charge in [0.25, 0.3) is 0 Å². The van der Waals surface area contributed by atoms with E-state index >= 15 is 0 Å². The molecule has 0 bridgehead atoms. The van der Waals surface area contributed by atoms with Crippen LogP contribution in [0.25, 0.3) is 11.4 Å². The Kier molecular flexibility index (Phi) is 2.65. The van der Waals surface area contributed by atoms with Crippen LogP contribution >= 0.6 is 0 Å². The van der Waals surface area contributed by atoms with Crippen molar-refractivity contribution in [1.29, 1.82) is 0 Å². The number of hydrogen-bond donors (Lipinski definition) is 1. The van der Waals surface area contributed by atoms with Gasteiger partial charge in [-0.3, -0.25) is 0 Å². The minimum atomic E-state index is 0.900. The van der Waals surface area contributed by atoms with E-state index in [1.807, 2.05) is 0 Å². The van der Waals surface area contributed by atoms with Gasteiger partial charge in [-0.1, -0.05) is 12.1 Å². The van der Waals surface area contributed by atoms with Crippen molar-refractivity contribution >= 4 is 0 Å². The maximum atomic E-state index is 4.20. The third-order valence-electron chi connectivity index (χ3n) is 3.31. The molecule has 0 unspecified atom stereocenters. The predicted octanol–water partition coefficient (Wildman–Crippen LogP) is 1.61. The molecule has 1 aromatic carbocycles. The first-order valence-electron chi connectivity index (χ1n) is 6.09. The average Bonchev–Trinajstić information content (AvgIpc) is 2.86.